The molecule has 0 saturated heterocycles. The highest BCUT2D eigenvalue weighted by Crippen LogP contribution is 2.29. The van der Waals surface area contributed by atoms with Crippen molar-refractivity contribution >= 4 is 33.1 Å². The van der Waals surface area contributed by atoms with E-state index in [4.69, 9.17) is 4.98 Å². The Morgan fingerprint density at radius 2 is 2.13 bits per heavy atom. The topological polar surface area (TPSA) is 88.0 Å². The molecule has 0 aliphatic heterocycles. The molecule has 0 aliphatic carbocycles. The number of aryl methyl sites for hydroxylation is 1. The number of halogens is 1. The molecular weight excluding hydrogens is 403 g/mol. The zero-order valence-corrected chi connectivity index (χ0v) is 17.0. The van der Waals surface area contributed by atoms with Gasteiger partial charge in [-0.15, -0.1) is 11.3 Å². The molecule has 0 fully saturated rings. The monoisotopic (exact) mass is 420 g/mol. The maximum Gasteiger partial charge on any atom is 0.266 e. The van der Waals surface area contributed by atoms with Gasteiger partial charge in [-0.2, -0.15) is 0 Å². The largest absolute Gasteiger partial charge is 0.360 e. The summed E-state index contributed by atoms with van der Waals surface area (Å²) in [6.07, 6.45) is 3.28. The molecule has 1 aromatic carbocycles. The number of aromatic nitrogens is 5. The lowest BCUT2D eigenvalue weighted by atomic mass is 10.0. The number of nitrogens with one attached hydrogen (secondary N) is 2. The molecule has 1 atom stereocenters. The summed E-state index contributed by atoms with van der Waals surface area (Å²) in [7, 11) is 0. The highest BCUT2D eigenvalue weighted by Gasteiger charge is 2.22. The van der Waals surface area contributed by atoms with Gasteiger partial charge in [-0.05, 0) is 37.6 Å². The lowest BCUT2D eigenvalue weighted by Gasteiger charge is -2.18. The quantitative estimate of drug-likeness (QED) is 0.452. The van der Waals surface area contributed by atoms with Crippen LogP contribution in [0.4, 0.5) is 10.2 Å². The van der Waals surface area contributed by atoms with Crippen LogP contribution in [0.5, 0.6) is 0 Å². The van der Waals surface area contributed by atoms with Crippen LogP contribution in [0.15, 0.2) is 53.0 Å². The van der Waals surface area contributed by atoms with E-state index in [-0.39, 0.29) is 11.6 Å². The molecular formula is C21H17FN6OS. The first kappa shape index (κ1) is 18.4. The van der Waals surface area contributed by atoms with Gasteiger partial charge in [0.25, 0.3) is 5.56 Å². The minimum Gasteiger partial charge on any atom is -0.360 e. The standard InChI is InChI=1S/C21H17FN6OS/c1-11-9-30-21-27-17(12(2)26-19-18-15(6-7-23-19)24-10-25-18)16(20(29)28(11)21)13-4-3-5-14(22)8-13/h3-10,12H,1-2H3,(H,23,26)(H,24,25)/t12-/m0/s1. The third-order valence-corrected chi connectivity index (χ3v) is 5.93. The SMILES string of the molecule is Cc1csc2nc([C@H](C)Nc3nccc4[nH]cnc34)c(-c3cccc(F)c3)c(=O)n12. The Hall–Kier alpha value is -3.59. The number of fused-ring (bicyclic) bond motifs is 2. The molecule has 150 valence electrons. The van der Waals surface area contributed by atoms with Gasteiger partial charge in [0.05, 0.1) is 29.1 Å². The van der Waals surface area contributed by atoms with Crippen molar-refractivity contribution in [3.8, 4) is 11.1 Å². The Morgan fingerprint density at radius 1 is 1.27 bits per heavy atom. The van der Waals surface area contributed by atoms with Gasteiger partial charge < -0.3 is 10.3 Å². The maximum atomic E-state index is 14.0. The van der Waals surface area contributed by atoms with Gasteiger partial charge in [0, 0.05) is 17.3 Å². The molecule has 9 heteroatoms. The summed E-state index contributed by atoms with van der Waals surface area (Å²) in [5.41, 5.74) is 3.50. The summed E-state index contributed by atoms with van der Waals surface area (Å²) in [6, 6.07) is 7.48. The Kier molecular flexibility index (Phi) is 4.32. The Bertz CT molecular complexity index is 1450. The van der Waals surface area contributed by atoms with E-state index in [0.29, 0.717) is 33.1 Å². The van der Waals surface area contributed by atoms with Crippen LogP contribution >= 0.6 is 11.3 Å². The van der Waals surface area contributed by atoms with E-state index in [9.17, 15) is 9.18 Å². The number of thiazole rings is 1. The summed E-state index contributed by atoms with van der Waals surface area (Å²) in [6.45, 7) is 3.75. The average molecular weight is 420 g/mol. The predicted octanol–water partition coefficient (Wildman–Crippen LogP) is 4.31. The van der Waals surface area contributed by atoms with Gasteiger partial charge in [0.15, 0.2) is 10.8 Å². The first-order chi connectivity index (χ1) is 14.5. The van der Waals surface area contributed by atoms with Crippen molar-refractivity contribution in [2.24, 2.45) is 0 Å². The molecule has 4 aromatic heterocycles. The normalized spacial score (nSPS) is 12.5. The molecule has 0 radical (unpaired) electrons. The maximum absolute atomic E-state index is 14.0. The second kappa shape index (κ2) is 7.03. The second-order valence-corrected chi connectivity index (χ2v) is 7.84. The number of H-pyrrole nitrogens is 1. The second-order valence-electron chi connectivity index (χ2n) is 7.01. The van der Waals surface area contributed by atoms with Gasteiger partial charge in [-0.3, -0.25) is 9.20 Å². The smallest absolute Gasteiger partial charge is 0.266 e. The Labute approximate surface area is 174 Å². The highest BCUT2D eigenvalue weighted by molar-refractivity contribution is 7.15. The third kappa shape index (κ3) is 2.94. The number of hydrogen-bond acceptors (Lipinski definition) is 6. The molecule has 5 aromatic rings. The molecule has 2 N–H and O–H groups in total. The van der Waals surface area contributed by atoms with Crippen molar-refractivity contribution in [2.45, 2.75) is 19.9 Å². The molecule has 5 rings (SSSR count). The summed E-state index contributed by atoms with van der Waals surface area (Å²) in [5.74, 6) is 0.171. The van der Waals surface area contributed by atoms with Gasteiger partial charge in [0.1, 0.15) is 11.3 Å². The van der Waals surface area contributed by atoms with Crippen LogP contribution < -0.4 is 10.9 Å². The van der Waals surface area contributed by atoms with Crippen LogP contribution in [0, 0.1) is 12.7 Å². The number of hydrogen-bond donors (Lipinski definition) is 2. The first-order valence-electron chi connectivity index (χ1n) is 9.34. The number of nitrogens with zero attached hydrogens (tertiary/aromatic N) is 4. The molecule has 0 aliphatic rings. The van der Waals surface area contributed by atoms with Gasteiger partial charge in [-0.25, -0.2) is 19.3 Å². The predicted molar refractivity (Wildman–Crippen MR) is 115 cm³/mol. The lowest BCUT2D eigenvalue weighted by molar-refractivity contribution is 0.628. The van der Waals surface area contributed by atoms with Crippen molar-refractivity contribution in [3.05, 3.63) is 75.8 Å². The van der Waals surface area contributed by atoms with Crippen LogP contribution in [0.2, 0.25) is 0 Å². The number of pyridine rings is 1. The van der Waals surface area contributed by atoms with Crippen LogP contribution in [0.3, 0.4) is 0 Å². The van der Waals surface area contributed by atoms with E-state index in [1.54, 1.807) is 29.1 Å². The molecule has 0 amide bonds. The van der Waals surface area contributed by atoms with E-state index in [1.807, 2.05) is 25.3 Å². The van der Waals surface area contributed by atoms with Crippen molar-refractivity contribution in [1.82, 2.24) is 24.3 Å². The summed E-state index contributed by atoms with van der Waals surface area (Å²) in [5, 5.41) is 5.20. The molecule has 4 heterocycles. The van der Waals surface area contributed by atoms with E-state index in [2.05, 4.69) is 20.3 Å². The molecule has 0 spiro atoms. The number of rotatable bonds is 4. The van der Waals surface area contributed by atoms with Crippen molar-refractivity contribution in [3.63, 3.8) is 0 Å². The molecule has 30 heavy (non-hydrogen) atoms. The van der Waals surface area contributed by atoms with Crippen LogP contribution in [0.1, 0.15) is 24.4 Å². The highest BCUT2D eigenvalue weighted by atomic mass is 32.1. The van der Waals surface area contributed by atoms with E-state index >= 15 is 0 Å². The van der Waals surface area contributed by atoms with Gasteiger partial charge in [0.2, 0.25) is 0 Å². The van der Waals surface area contributed by atoms with E-state index in [0.717, 1.165) is 11.2 Å². The van der Waals surface area contributed by atoms with Crippen molar-refractivity contribution in [2.75, 3.05) is 5.32 Å². The van der Waals surface area contributed by atoms with Crippen molar-refractivity contribution in [1.29, 1.82) is 0 Å². The number of anilines is 1. The molecule has 0 unspecified atom stereocenters. The molecule has 7 nitrogen and oxygen atoms in total. The van der Waals surface area contributed by atoms with Crippen molar-refractivity contribution < 1.29 is 4.39 Å². The summed E-state index contributed by atoms with van der Waals surface area (Å²) in [4.78, 5) is 30.5. The fourth-order valence-corrected chi connectivity index (χ4v) is 4.44. The fraction of sp³-hybridized carbons (Fsp3) is 0.143. The zero-order chi connectivity index (χ0) is 20.8. The summed E-state index contributed by atoms with van der Waals surface area (Å²) >= 11 is 1.39. The first-order valence-corrected chi connectivity index (χ1v) is 10.2. The van der Waals surface area contributed by atoms with Crippen LogP contribution in [0.25, 0.3) is 27.1 Å². The zero-order valence-electron chi connectivity index (χ0n) is 16.2. The Morgan fingerprint density at radius 3 is 2.97 bits per heavy atom. The fourth-order valence-electron chi connectivity index (χ4n) is 3.57. The number of aromatic amines is 1. The van der Waals surface area contributed by atoms with Gasteiger partial charge in [-0.1, -0.05) is 12.1 Å². The van der Waals surface area contributed by atoms with Crippen LogP contribution in [-0.4, -0.2) is 24.3 Å². The minimum absolute atomic E-state index is 0.223. The molecule has 0 bridgehead atoms. The van der Waals surface area contributed by atoms with E-state index < -0.39 is 5.82 Å². The number of benzene rings is 1. The number of imidazole rings is 1. The summed E-state index contributed by atoms with van der Waals surface area (Å²) < 4.78 is 15.5. The average Bonchev–Trinajstić information content (AvgIpc) is 3.35. The van der Waals surface area contributed by atoms with Crippen LogP contribution in [-0.2, 0) is 0 Å². The minimum atomic E-state index is -0.409. The van der Waals surface area contributed by atoms with Gasteiger partial charge >= 0.3 is 0 Å². The van der Waals surface area contributed by atoms with E-state index in [1.165, 1.54) is 23.5 Å². The third-order valence-electron chi connectivity index (χ3n) is 4.98. The Balaban J connectivity index is 1.70. The molecule has 0 saturated carbocycles. The lowest BCUT2D eigenvalue weighted by Crippen LogP contribution is -2.23.